The summed E-state index contributed by atoms with van der Waals surface area (Å²) in [7, 11) is 74.6. The van der Waals surface area contributed by atoms with Gasteiger partial charge in [0.2, 0.25) is 0 Å². The molecular weight excluding hydrogens is 2160 g/mol. The number of aliphatic hydroxyl groups excluding tert-OH is 2. The molecule has 0 amide bonds. The Labute approximate surface area is 944 Å². The van der Waals surface area contributed by atoms with E-state index in [9.17, 15) is 0 Å². The SMILES string of the molecule is CC(O)O.CC(O)O.CCC.CCC.CCC.CN1CCN(C)CCN(C)CC1.CN1CCN(C)CCN(C)CC1.CN1CCN(C)CCN(C)CC1.CN1CCN(C)CCN(C)CC1.CN1CCN(C)CCN(C)CC1.CN1CCN(C)CCN(C)CC1.ClCl.O.O.O.O.O.O.O.O.O.OO.[CH2-][N+]1(C)CCN(CCN2CC[N+]([CH2-])(C)CC[N+]([CH2-])(C)CC2)CC[N+]([CH2-])(C)CC1.[Mn+3].[Mn+3].[Mn+3].[Mn+3].[Mn+3].[Mn+3].[Mn].[Mn]. The second kappa shape index (κ2) is 127. The summed E-state index contributed by atoms with van der Waals surface area (Å²) < 4.78 is 3.38. The first-order valence-electron chi connectivity index (χ1n) is 46.2. The normalized spacial score (nSPS) is 23.5. The maximum Gasteiger partial charge on any atom is 3.00 e. The van der Waals surface area contributed by atoms with Crippen LogP contribution in [0.4, 0.5) is 0 Å². The van der Waals surface area contributed by atoms with Crippen molar-refractivity contribution in [3.63, 3.8) is 0 Å². The summed E-state index contributed by atoms with van der Waals surface area (Å²) >= 11 is 0. The van der Waals surface area contributed by atoms with Gasteiger partial charge in [-0.1, -0.05) is 60.8 Å². The average Bonchev–Trinajstić information content (AvgIpc) is 1.73. The minimum atomic E-state index is -1.17. The van der Waals surface area contributed by atoms with Crippen LogP contribution in [0.1, 0.15) is 74.7 Å². The van der Waals surface area contributed by atoms with Crippen molar-refractivity contribution in [1.29, 1.82) is 0 Å². The molecule has 39 nitrogen and oxygen atoms in total. The Morgan fingerprint density at radius 3 is 0.319 bits per heavy atom. The van der Waals surface area contributed by atoms with Gasteiger partial charge in [0.15, 0.2) is 0 Å². The van der Waals surface area contributed by atoms with Crippen LogP contribution in [0.25, 0.3) is 0 Å². The number of aliphatic hydroxyl groups is 4. The number of likely N-dealkylation sites (N-methyl/N-ethyl adjacent to an activating group) is 22. The molecule has 4 atom stereocenters. The van der Waals surface area contributed by atoms with E-state index < -0.39 is 12.6 Å². The Balaban J connectivity index is -0.0000000514. The number of halogens is 2. The average molecular weight is 2390 g/mol. The van der Waals surface area contributed by atoms with Gasteiger partial charge in [-0.25, -0.2) is 0 Å². The summed E-state index contributed by atoms with van der Waals surface area (Å²) in [5.41, 5.74) is 0. The Morgan fingerprint density at radius 1 is 0.203 bits per heavy atom. The summed E-state index contributed by atoms with van der Waals surface area (Å²) in [6.45, 7) is 74.1. The summed E-state index contributed by atoms with van der Waals surface area (Å²) in [6, 6.07) is 0. The van der Waals surface area contributed by atoms with Crippen LogP contribution in [-0.2, 0) is 137 Å². The summed E-state index contributed by atoms with van der Waals surface area (Å²) in [5, 5.41) is 42.4. The third-order valence-corrected chi connectivity index (χ3v) is 22.5. The quantitative estimate of drug-likeness (QED) is 0.0394. The van der Waals surface area contributed by atoms with Crippen molar-refractivity contribution in [2.45, 2.75) is 87.2 Å². The fourth-order valence-corrected chi connectivity index (χ4v) is 12.1. The van der Waals surface area contributed by atoms with Gasteiger partial charge in [0.1, 0.15) is 38.8 Å². The molecule has 8 fully saturated rings. The number of rotatable bonds is 3. The molecule has 0 aliphatic carbocycles. The van der Waals surface area contributed by atoms with Crippen LogP contribution < -0.4 is 0 Å². The molecule has 49 heteroatoms. The largest absolute Gasteiger partial charge is 3.00 e. The Morgan fingerprint density at radius 2 is 0.261 bits per heavy atom. The molecule has 138 heavy (non-hydrogen) atoms. The van der Waals surface area contributed by atoms with E-state index in [-0.39, 0.29) is 186 Å². The van der Waals surface area contributed by atoms with E-state index >= 15 is 0 Å². The van der Waals surface area contributed by atoms with Gasteiger partial charge < -0.3 is 176 Å². The molecule has 8 aliphatic rings. The molecule has 0 aromatic rings. The predicted molar refractivity (Wildman–Crippen MR) is 558 cm³/mol. The van der Waals surface area contributed by atoms with Crippen LogP contribution in [0, 0.1) is 28.2 Å². The molecule has 0 saturated carbocycles. The summed E-state index contributed by atoms with van der Waals surface area (Å²) in [6.07, 6.45) is 1.42. The van der Waals surface area contributed by atoms with E-state index in [1.54, 1.807) is 0 Å². The van der Waals surface area contributed by atoms with Gasteiger partial charge in [-0.15, -0.1) is 28.2 Å². The zero-order valence-corrected chi connectivity index (χ0v) is 104. The molecule has 8 saturated heterocycles. The van der Waals surface area contributed by atoms with Crippen molar-refractivity contribution in [1.82, 2.24) is 98.0 Å². The van der Waals surface area contributed by atoms with E-state index in [0.29, 0.717) is 0 Å². The molecular formula is C89H230Cl2Mn8N24O15+18. The number of nitrogens with zero attached hydrogens (tertiary/aromatic N) is 24. The molecule has 0 spiro atoms. The van der Waals surface area contributed by atoms with Crippen molar-refractivity contribution in [2.75, 3.05) is 482 Å². The summed E-state index contributed by atoms with van der Waals surface area (Å²) in [4.78, 5) is 48.5. The standard InChI is InChI=1S/C22H48N6.6C9H21N3.3C3H8.2C2H6O2.Cl2.8Mn.H2O2.9H2O/c1-25(2)15-11-23(12-16-26(3,4)20-19-25)9-10-24-13-17-27(5,6)21-22-28(7,8)18-14-24;6*1-10-4-6-11(2)8-9-12(3)7-5-10;3*1-3-2;2*1-2(3)4;1-2;;;;;;;;;1-2;;;;;;;;;/h1,3,5,7,9-22H2,2,4,6,8H3;6*4-9H2,1-3H3;3*3H2,1-2H3;2*2-4H,1H3;;;;;;;;;;1-2H;9*1H2/q;;;;;;;;;;;;;;;6*+3;;;;;;;;;;. The topological polar surface area (TPSA) is 470 Å². The Bertz CT molecular complexity index is 1690. The minimum absolute atomic E-state index is 0. The van der Waals surface area contributed by atoms with Crippen molar-refractivity contribution in [3.05, 3.63) is 28.2 Å². The predicted octanol–water partition coefficient (Wildman–Crippen LogP) is -3.82. The van der Waals surface area contributed by atoms with E-state index in [0.717, 1.165) is 110 Å². The van der Waals surface area contributed by atoms with E-state index in [1.165, 1.54) is 269 Å². The molecule has 8 aliphatic heterocycles. The Hall–Kier alpha value is 3.18. The zero-order valence-electron chi connectivity index (χ0n) is 93.2. The molecule has 0 aromatic carbocycles. The van der Waals surface area contributed by atoms with Crippen molar-refractivity contribution in [3.8, 4) is 0 Å². The van der Waals surface area contributed by atoms with Gasteiger partial charge in [-0.2, -0.15) is 0 Å². The molecule has 0 bridgehead atoms. The van der Waals surface area contributed by atoms with E-state index in [4.69, 9.17) is 30.9 Å². The molecule has 0 aromatic heterocycles. The first-order valence-corrected chi connectivity index (χ1v) is 47.3. The monoisotopic (exact) mass is 2390 g/mol. The Kier molecular flexibility index (Phi) is 183. The molecule has 2 radical (unpaired) electrons. The molecule has 848 valence electrons. The second-order valence-electron chi connectivity index (χ2n) is 37.8. The maximum atomic E-state index is 7.61. The van der Waals surface area contributed by atoms with Gasteiger partial charge in [-0.05, 0) is 141 Å². The molecule has 4 unspecified atom stereocenters. The second-order valence-corrected chi connectivity index (χ2v) is 37.8. The summed E-state index contributed by atoms with van der Waals surface area (Å²) in [5.74, 6) is 0. The van der Waals surface area contributed by atoms with Crippen LogP contribution in [0.5, 0.6) is 0 Å². The third kappa shape index (κ3) is 143. The van der Waals surface area contributed by atoms with Crippen molar-refractivity contribution >= 4 is 21.7 Å². The fraction of sp³-hybridized carbons (Fsp3) is 0.955. The first-order chi connectivity index (χ1) is 56.6. The number of hydrogen-bond donors (Lipinski definition) is 6. The minimum Gasteiger partial charge on any atom is -0.454 e. The van der Waals surface area contributed by atoms with Gasteiger partial charge in [-0.3, -0.25) is 20.3 Å². The maximum absolute atomic E-state index is 7.61. The van der Waals surface area contributed by atoms with E-state index in [2.05, 4.69) is 344 Å². The van der Waals surface area contributed by atoms with Crippen LogP contribution in [0.2, 0.25) is 0 Å². The fourth-order valence-electron chi connectivity index (χ4n) is 12.1. The van der Waals surface area contributed by atoms with E-state index in [1.807, 2.05) is 0 Å². The van der Waals surface area contributed by atoms with Crippen LogP contribution >= 0.6 is 21.7 Å². The van der Waals surface area contributed by atoms with Crippen LogP contribution in [0.15, 0.2) is 0 Å². The van der Waals surface area contributed by atoms with Gasteiger partial charge >= 0.3 is 102 Å². The van der Waals surface area contributed by atoms with Crippen molar-refractivity contribution in [2.24, 2.45) is 0 Å². The molecule has 24 N–H and O–H groups in total. The third-order valence-electron chi connectivity index (χ3n) is 22.5. The molecule has 8 heterocycles. The first kappa shape index (κ1) is 199. The number of hydrogen-bond acceptors (Lipinski definition) is 26. The smallest absolute Gasteiger partial charge is 0.454 e. The van der Waals surface area contributed by atoms with Gasteiger partial charge in [0, 0.05) is 359 Å². The van der Waals surface area contributed by atoms with Crippen molar-refractivity contribution < 1.29 is 235 Å². The van der Waals surface area contributed by atoms with Crippen LogP contribution in [-0.4, -0.2) is 691 Å². The molecule has 8 rings (SSSR count). The zero-order chi connectivity index (χ0) is 94.2. The van der Waals surface area contributed by atoms with Gasteiger partial charge in [0.25, 0.3) is 0 Å². The van der Waals surface area contributed by atoms with Gasteiger partial charge in [0.05, 0.1) is 26.2 Å². The number of quaternary nitrogens is 4. The van der Waals surface area contributed by atoms with Crippen LogP contribution in [0.3, 0.4) is 0 Å².